The molecule has 1 N–H and O–H groups in total. The van der Waals surface area contributed by atoms with Crippen LogP contribution in [0.4, 0.5) is 0 Å². The maximum absolute atomic E-state index is 10.0. The SMILES string of the molecule is CC(=O)C=C(C)O.[Ir].[c-]1cc2ccccc2cc1-c1cc2c3c(cccc3n1)C=C2. The van der Waals surface area contributed by atoms with Crippen molar-refractivity contribution in [2.75, 3.05) is 0 Å². The molecule has 5 rings (SSSR count). The normalized spacial score (nSPS) is 11.7. The zero-order chi connectivity index (χ0) is 20.4. The van der Waals surface area contributed by atoms with E-state index < -0.39 is 0 Å². The first-order valence-electron chi connectivity index (χ1n) is 9.42. The molecule has 0 saturated heterocycles. The summed E-state index contributed by atoms with van der Waals surface area (Å²) in [7, 11) is 0. The van der Waals surface area contributed by atoms with Crippen LogP contribution in [0.3, 0.4) is 0 Å². The van der Waals surface area contributed by atoms with Crippen LogP contribution >= 0.6 is 0 Å². The summed E-state index contributed by atoms with van der Waals surface area (Å²) in [5, 5.41) is 12.0. The number of rotatable bonds is 2. The molecule has 4 aromatic rings. The topological polar surface area (TPSA) is 50.2 Å². The Labute approximate surface area is 189 Å². The van der Waals surface area contributed by atoms with Crippen molar-refractivity contribution >= 4 is 39.6 Å². The fourth-order valence-corrected chi connectivity index (χ4v) is 3.50. The number of aromatic nitrogens is 1. The number of carbonyl (C=O) groups is 1. The van der Waals surface area contributed by atoms with Gasteiger partial charge in [0.25, 0.3) is 0 Å². The number of aliphatic hydroxyl groups is 1. The van der Waals surface area contributed by atoms with E-state index >= 15 is 0 Å². The molecule has 0 unspecified atom stereocenters. The molecule has 4 heteroatoms. The van der Waals surface area contributed by atoms with Crippen molar-refractivity contribution in [2.24, 2.45) is 0 Å². The monoisotopic (exact) mass is 571 g/mol. The number of fused-ring (bicyclic) bond motifs is 1. The first kappa shape index (κ1) is 21.6. The van der Waals surface area contributed by atoms with Crippen molar-refractivity contribution < 1.29 is 30.0 Å². The van der Waals surface area contributed by atoms with Gasteiger partial charge in [-0.15, -0.1) is 29.1 Å². The maximum Gasteiger partial charge on any atom is 0.155 e. The molecule has 151 valence electrons. The molecule has 0 spiro atoms. The van der Waals surface area contributed by atoms with E-state index in [1.54, 1.807) is 0 Å². The second-order valence-electron chi connectivity index (χ2n) is 7.04. The smallest absolute Gasteiger partial charge is 0.155 e. The molecule has 0 aliphatic heterocycles. The van der Waals surface area contributed by atoms with Crippen LogP contribution in [-0.4, -0.2) is 15.9 Å². The van der Waals surface area contributed by atoms with Gasteiger partial charge in [0.1, 0.15) is 0 Å². The van der Waals surface area contributed by atoms with Crippen molar-refractivity contribution in [1.82, 2.24) is 4.98 Å². The Morgan fingerprint density at radius 3 is 2.40 bits per heavy atom. The van der Waals surface area contributed by atoms with E-state index in [1.165, 1.54) is 47.2 Å². The number of pyridine rings is 1. The maximum atomic E-state index is 10.0. The Balaban J connectivity index is 0.000000281. The number of benzene rings is 3. The van der Waals surface area contributed by atoms with Gasteiger partial charge in [-0.25, -0.2) is 0 Å². The van der Waals surface area contributed by atoms with Crippen LogP contribution in [0, 0.1) is 6.07 Å². The van der Waals surface area contributed by atoms with Crippen LogP contribution in [-0.2, 0) is 24.9 Å². The Kier molecular flexibility index (Phi) is 6.61. The summed E-state index contributed by atoms with van der Waals surface area (Å²) in [5.74, 6) is -0.0625. The summed E-state index contributed by atoms with van der Waals surface area (Å²) in [5.41, 5.74) is 5.59. The largest absolute Gasteiger partial charge is 0.512 e. The van der Waals surface area contributed by atoms with E-state index in [9.17, 15) is 4.79 Å². The average molecular weight is 571 g/mol. The molecule has 0 amide bonds. The van der Waals surface area contributed by atoms with Gasteiger partial charge in [0.2, 0.25) is 0 Å². The molecule has 1 radical (unpaired) electrons. The van der Waals surface area contributed by atoms with Crippen LogP contribution in [0.1, 0.15) is 25.0 Å². The Morgan fingerprint density at radius 1 is 0.967 bits per heavy atom. The van der Waals surface area contributed by atoms with Crippen molar-refractivity contribution in [3.63, 3.8) is 0 Å². The van der Waals surface area contributed by atoms with E-state index in [0.29, 0.717) is 0 Å². The Morgan fingerprint density at radius 2 is 1.70 bits per heavy atom. The number of hydrogen-bond acceptors (Lipinski definition) is 3. The summed E-state index contributed by atoms with van der Waals surface area (Å²) in [6, 6.07) is 24.4. The number of nitrogens with zero attached hydrogens (tertiary/aromatic N) is 1. The zero-order valence-electron chi connectivity index (χ0n) is 16.6. The molecule has 0 saturated carbocycles. The molecule has 1 aliphatic rings. The molecule has 0 bridgehead atoms. The first-order chi connectivity index (χ1) is 14.0. The van der Waals surface area contributed by atoms with E-state index in [0.717, 1.165) is 16.8 Å². The molecular formula is C26H20IrNO2-. The minimum Gasteiger partial charge on any atom is -0.512 e. The fourth-order valence-electron chi connectivity index (χ4n) is 3.50. The number of aliphatic hydroxyl groups excluding tert-OH is 1. The summed E-state index contributed by atoms with van der Waals surface area (Å²) < 4.78 is 0. The number of carbonyl (C=O) groups excluding carboxylic acids is 1. The van der Waals surface area contributed by atoms with Crippen molar-refractivity contribution in [3.05, 3.63) is 89.7 Å². The number of allylic oxidation sites excluding steroid dienone is 2. The summed E-state index contributed by atoms with van der Waals surface area (Å²) in [6.45, 7) is 2.85. The minimum atomic E-state index is -0.125. The van der Waals surface area contributed by atoms with Crippen LogP contribution in [0.25, 0.3) is 45.1 Å². The first-order valence-corrected chi connectivity index (χ1v) is 9.42. The average Bonchev–Trinajstić information content (AvgIpc) is 3.12. The molecule has 3 nitrogen and oxygen atoms in total. The molecule has 0 fully saturated rings. The van der Waals surface area contributed by atoms with Gasteiger partial charge in [0.05, 0.1) is 11.3 Å². The fraction of sp³-hybridized carbons (Fsp3) is 0.0769. The van der Waals surface area contributed by atoms with Crippen LogP contribution < -0.4 is 0 Å². The van der Waals surface area contributed by atoms with Crippen LogP contribution in [0.5, 0.6) is 0 Å². The zero-order valence-corrected chi connectivity index (χ0v) is 19.0. The number of ketones is 1. The van der Waals surface area contributed by atoms with Crippen LogP contribution in [0.2, 0.25) is 0 Å². The third-order valence-electron chi connectivity index (χ3n) is 4.71. The van der Waals surface area contributed by atoms with E-state index in [1.807, 2.05) is 6.07 Å². The Hall–Kier alpha value is -3.07. The van der Waals surface area contributed by atoms with Crippen LogP contribution in [0.15, 0.2) is 72.5 Å². The molecule has 0 atom stereocenters. The van der Waals surface area contributed by atoms with Crippen molar-refractivity contribution in [2.45, 2.75) is 13.8 Å². The van der Waals surface area contributed by atoms with E-state index in [-0.39, 0.29) is 31.6 Å². The van der Waals surface area contributed by atoms with Crippen molar-refractivity contribution in [3.8, 4) is 11.3 Å². The molecule has 3 aromatic carbocycles. The van der Waals surface area contributed by atoms with Gasteiger partial charge in [-0.3, -0.25) is 9.78 Å². The van der Waals surface area contributed by atoms with Gasteiger partial charge in [-0.1, -0.05) is 60.0 Å². The van der Waals surface area contributed by atoms with E-state index in [2.05, 4.69) is 72.8 Å². The van der Waals surface area contributed by atoms with Gasteiger partial charge in [0.15, 0.2) is 5.78 Å². The van der Waals surface area contributed by atoms with Gasteiger partial charge in [-0.2, -0.15) is 0 Å². The number of hydrogen-bond donors (Lipinski definition) is 1. The standard InChI is InChI=1S/C21H12N.C5H8O2.Ir/c1-2-5-16-12-17(10-8-14(16)4-1)20-13-18-11-9-15-6-3-7-19(22-20)21(15)18;1-4(6)3-5(2)7;/h1-9,11-13H;3,6H,1-2H3;/q-1;;. The molecule has 1 aromatic heterocycles. The second kappa shape index (κ2) is 9.17. The van der Waals surface area contributed by atoms with Gasteiger partial charge in [-0.05, 0) is 36.7 Å². The predicted molar refractivity (Wildman–Crippen MR) is 120 cm³/mol. The summed E-state index contributed by atoms with van der Waals surface area (Å²) in [6.07, 6.45) is 5.50. The summed E-state index contributed by atoms with van der Waals surface area (Å²) >= 11 is 0. The predicted octanol–water partition coefficient (Wildman–Crippen LogP) is 6.37. The minimum absolute atomic E-state index is 0. The third-order valence-corrected chi connectivity index (χ3v) is 4.71. The van der Waals surface area contributed by atoms with E-state index in [4.69, 9.17) is 10.1 Å². The summed E-state index contributed by atoms with van der Waals surface area (Å²) in [4.78, 5) is 14.9. The van der Waals surface area contributed by atoms with Gasteiger partial charge >= 0.3 is 0 Å². The second-order valence-corrected chi connectivity index (χ2v) is 7.04. The molecule has 1 aliphatic carbocycles. The van der Waals surface area contributed by atoms with Crippen molar-refractivity contribution in [1.29, 1.82) is 0 Å². The quantitative estimate of drug-likeness (QED) is 0.152. The third kappa shape index (κ3) is 4.56. The molecular weight excluding hydrogens is 551 g/mol. The molecule has 1 heterocycles. The Bertz CT molecular complexity index is 1300. The molecule has 30 heavy (non-hydrogen) atoms. The van der Waals surface area contributed by atoms with Gasteiger partial charge in [0, 0.05) is 31.6 Å². The van der Waals surface area contributed by atoms with Gasteiger partial charge < -0.3 is 5.11 Å².